The van der Waals surface area contributed by atoms with Crippen LogP contribution in [0.1, 0.15) is 42.6 Å². The molecule has 1 aromatic carbocycles. The van der Waals surface area contributed by atoms with E-state index >= 15 is 0 Å². The Balaban J connectivity index is 1.40. The predicted octanol–water partition coefficient (Wildman–Crippen LogP) is 1.44. The van der Waals surface area contributed by atoms with Crippen molar-refractivity contribution in [3.63, 3.8) is 0 Å². The molecule has 0 saturated carbocycles. The first-order valence-electron chi connectivity index (χ1n) is 12.6. The molecule has 4 N–H and O–H groups in total. The number of hydrogen-bond acceptors (Lipinski definition) is 8. The number of piperazine rings is 1. The maximum Gasteiger partial charge on any atom is 0.261 e. The molecule has 2 aliphatic heterocycles. The van der Waals surface area contributed by atoms with Gasteiger partial charge in [0.25, 0.3) is 5.91 Å². The van der Waals surface area contributed by atoms with Crippen LogP contribution in [0.4, 0.5) is 11.4 Å². The first-order chi connectivity index (χ1) is 17.8. The van der Waals surface area contributed by atoms with Gasteiger partial charge in [0.05, 0.1) is 23.6 Å². The number of rotatable bonds is 8. The average Bonchev–Trinajstić information content (AvgIpc) is 3.43. The average molecular weight is 508 g/mol. The Hall–Kier alpha value is -3.70. The van der Waals surface area contributed by atoms with Crippen molar-refractivity contribution < 1.29 is 19.4 Å². The third kappa shape index (κ3) is 5.09. The Morgan fingerprint density at radius 1 is 1.24 bits per heavy atom. The second kappa shape index (κ2) is 9.98. The van der Waals surface area contributed by atoms with Gasteiger partial charge in [0.15, 0.2) is 5.65 Å². The van der Waals surface area contributed by atoms with Crippen molar-refractivity contribution in [1.82, 2.24) is 19.5 Å². The van der Waals surface area contributed by atoms with Gasteiger partial charge in [-0.15, -0.1) is 0 Å². The van der Waals surface area contributed by atoms with Crippen LogP contribution in [0.15, 0.2) is 36.8 Å². The first kappa shape index (κ1) is 25.0. The lowest BCUT2D eigenvalue weighted by Crippen LogP contribution is -2.54. The summed E-state index contributed by atoms with van der Waals surface area (Å²) in [6.07, 6.45) is 6.70. The monoisotopic (exact) mass is 507 g/mol. The number of carbonyl (C=O) groups excluding carboxylic acids is 2. The van der Waals surface area contributed by atoms with Gasteiger partial charge in [0, 0.05) is 63.2 Å². The lowest BCUT2D eigenvalue weighted by molar-refractivity contribution is -0.123. The van der Waals surface area contributed by atoms with Crippen molar-refractivity contribution in [3.05, 3.63) is 47.9 Å². The number of amides is 2. The van der Waals surface area contributed by atoms with Crippen molar-refractivity contribution in [2.45, 2.75) is 44.8 Å². The maximum absolute atomic E-state index is 13.3. The molecule has 0 bridgehead atoms. The number of hydrogen-bond donors (Lipinski definition) is 3. The standard InChI is InChI=1S/C26H33N7O4/c1-26(2)15-17-13-19(30-25(36)18-16-29-33-7-4-6-28-24(18)33)21(14-22(17)37-26)32-10-8-31(9-11-32)20(23(27)35)5-3-12-34/h4,6-7,13-14,16,20,34H,3,5,8-12,15H2,1-2H3,(H2,27,35)(H,30,36)/t20-/m1/s1. The summed E-state index contributed by atoms with van der Waals surface area (Å²) in [5.74, 6) is 0.158. The third-order valence-electron chi connectivity index (χ3n) is 7.01. The Bertz CT molecular complexity index is 1310. The zero-order valence-corrected chi connectivity index (χ0v) is 21.2. The van der Waals surface area contributed by atoms with Gasteiger partial charge in [-0.3, -0.25) is 14.5 Å². The molecule has 0 aliphatic carbocycles. The van der Waals surface area contributed by atoms with Crippen LogP contribution in [0.3, 0.4) is 0 Å². The van der Waals surface area contributed by atoms with Crippen molar-refractivity contribution in [2.24, 2.45) is 5.73 Å². The highest BCUT2D eigenvalue weighted by molar-refractivity contribution is 6.09. The fraction of sp³-hybridized carbons (Fsp3) is 0.462. The number of ether oxygens (including phenoxy) is 1. The molecule has 0 spiro atoms. The number of nitrogens with zero attached hydrogens (tertiary/aromatic N) is 5. The van der Waals surface area contributed by atoms with Crippen LogP contribution in [-0.2, 0) is 11.2 Å². The van der Waals surface area contributed by atoms with Gasteiger partial charge in [-0.1, -0.05) is 0 Å². The Labute approximate surface area is 215 Å². The number of aliphatic hydroxyl groups excluding tert-OH is 1. The van der Waals surface area contributed by atoms with Crippen molar-refractivity contribution in [3.8, 4) is 5.75 Å². The predicted molar refractivity (Wildman–Crippen MR) is 139 cm³/mol. The fourth-order valence-electron chi connectivity index (χ4n) is 5.24. The van der Waals surface area contributed by atoms with E-state index in [0.29, 0.717) is 55.9 Å². The molecule has 11 nitrogen and oxygen atoms in total. The minimum atomic E-state index is -0.402. The van der Waals surface area contributed by atoms with Crippen LogP contribution in [-0.4, -0.2) is 80.8 Å². The number of carbonyl (C=O) groups is 2. The number of nitrogens with one attached hydrogen (secondary N) is 1. The van der Waals surface area contributed by atoms with E-state index in [4.69, 9.17) is 10.5 Å². The topological polar surface area (TPSA) is 138 Å². The van der Waals surface area contributed by atoms with Crippen LogP contribution in [0.25, 0.3) is 5.65 Å². The minimum Gasteiger partial charge on any atom is -0.487 e. The Morgan fingerprint density at radius 3 is 2.76 bits per heavy atom. The van der Waals surface area contributed by atoms with Gasteiger partial charge in [-0.2, -0.15) is 5.10 Å². The number of nitrogens with two attached hydrogens (primary N) is 1. The van der Waals surface area contributed by atoms with Gasteiger partial charge in [-0.05, 0) is 38.8 Å². The molecule has 0 unspecified atom stereocenters. The fourth-order valence-corrected chi connectivity index (χ4v) is 5.24. The van der Waals surface area contributed by atoms with Crippen LogP contribution in [0, 0.1) is 0 Å². The highest BCUT2D eigenvalue weighted by atomic mass is 16.5. The molecule has 4 heterocycles. The Kier molecular flexibility index (Phi) is 6.74. The van der Waals surface area contributed by atoms with Crippen LogP contribution in [0.2, 0.25) is 0 Å². The molecule has 1 fully saturated rings. The lowest BCUT2D eigenvalue weighted by atomic mass is 10.0. The highest BCUT2D eigenvalue weighted by Gasteiger charge is 2.33. The van der Waals surface area contributed by atoms with Gasteiger partial charge in [0.1, 0.15) is 16.9 Å². The third-order valence-corrected chi connectivity index (χ3v) is 7.01. The van der Waals surface area contributed by atoms with E-state index in [1.165, 1.54) is 6.20 Å². The number of fused-ring (bicyclic) bond motifs is 2. The summed E-state index contributed by atoms with van der Waals surface area (Å²) in [6, 6.07) is 5.35. The molecule has 196 valence electrons. The lowest BCUT2D eigenvalue weighted by Gasteiger charge is -2.39. The number of primary amides is 1. The summed E-state index contributed by atoms with van der Waals surface area (Å²) in [7, 11) is 0. The summed E-state index contributed by atoms with van der Waals surface area (Å²) < 4.78 is 7.76. The van der Waals surface area contributed by atoms with E-state index in [9.17, 15) is 14.7 Å². The summed E-state index contributed by atoms with van der Waals surface area (Å²) in [5, 5.41) is 16.5. The van der Waals surface area contributed by atoms with Crippen molar-refractivity contribution in [1.29, 1.82) is 0 Å². The number of anilines is 2. The van der Waals surface area contributed by atoms with Crippen molar-refractivity contribution >= 4 is 28.8 Å². The normalized spacial score (nSPS) is 17.9. The summed E-state index contributed by atoms with van der Waals surface area (Å²) in [5.41, 5.74) is 8.80. The number of aromatic nitrogens is 3. The molecule has 2 amide bonds. The van der Waals surface area contributed by atoms with E-state index < -0.39 is 6.04 Å². The molecular formula is C26H33N7O4. The molecular weight excluding hydrogens is 474 g/mol. The molecule has 5 rings (SSSR count). The van der Waals surface area contributed by atoms with E-state index in [0.717, 1.165) is 23.4 Å². The van der Waals surface area contributed by atoms with Crippen LogP contribution < -0.4 is 20.7 Å². The zero-order chi connectivity index (χ0) is 26.2. The number of benzene rings is 1. The Morgan fingerprint density at radius 2 is 2.03 bits per heavy atom. The molecule has 3 aromatic rings. The maximum atomic E-state index is 13.3. The molecule has 2 aliphatic rings. The minimum absolute atomic E-state index is 0.0283. The van der Waals surface area contributed by atoms with Gasteiger partial charge >= 0.3 is 0 Å². The van der Waals surface area contributed by atoms with E-state index in [-0.39, 0.29) is 24.0 Å². The largest absolute Gasteiger partial charge is 0.487 e. The molecule has 2 aromatic heterocycles. The molecule has 1 atom stereocenters. The second-order valence-corrected chi connectivity index (χ2v) is 10.2. The summed E-state index contributed by atoms with van der Waals surface area (Å²) in [6.45, 7) is 6.68. The van der Waals surface area contributed by atoms with Gasteiger partial charge < -0.3 is 25.8 Å². The van der Waals surface area contributed by atoms with Gasteiger partial charge in [-0.25, -0.2) is 9.50 Å². The molecule has 37 heavy (non-hydrogen) atoms. The van der Waals surface area contributed by atoms with Crippen LogP contribution >= 0.6 is 0 Å². The SMILES string of the molecule is CC1(C)Cc2cc(NC(=O)c3cnn4cccnc34)c(N3CCN([C@H](CCCO)C(N)=O)CC3)cc2O1. The van der Waals surface area contributed by atoms with Gasteiger partial charge in [0.2, 0.25) is 5.91 Å². The molecule has 0 radical (unpaired) electrons. The molecule has 11 heteroatoms. The summed E-state index contributed by atoms with van der Waals surface area (Å²) in [4.78, 5) is 33.9. The summed E-state index contributed by atoms with van der Waals surface area (Å²) >= 11 is 0. The quantitative estimate of drug-likeness (QED) is 0.416. The molecule has 1 saturated heterocycles. The van der Waals surface area contributed by atoms with E-state index in [1.807, 2.05) is 26.0 Å². The second-order valence-electron chi connectivity index (χ2n) is 10.2. The van der Waals surface area contributed by atoms with E-state index in [1.54, 1.807) is 23.0 Å². The van der Waals surface area contributed by atoms with Crippen molar-refractivity contribution in [2.75, 3.05) is 43.0 Å². The zero-order valence-electron chi connectivity index (χ0n) is 21.2. The number of aliphatic hydroxyl groups is 1. The smallest absolute Gasteiger partial charge is 0.261 e. The first-order valence-corrected chi connectivity index (χ1v) is 12.6. The van der Waals surface area contributed by atoms with E-state index in [2.05, 4.69) is 25.2 Å². The highest BCUT2D eigenvalue weighted by Crippen LogP contribution is 2.42. The van der Waals surface area contributed by atoms with Crippen LogP contribution in [0.5, 0.6) is 5.75 Å².